The first-order valence-corrected chi connectivity index (χ1v) is 7.68. The zero-order valence-electron chi connectivity index (χ0n) is 13.2. The average molecular weight is 311 g/mol. The predicted molar refractivity (Wildman–Crippen MR) is 89.7 cm³/mol. The molecular weight excluding hydrogens is 290 g/mol. The third kappa shape index (κ3) is 5.94. The van der Waals surface area contributed by atoms with E-state index in [9.17, 15) is 9.59 Å². The van der Waals surface area contributed by atoms with Crippen LogP contribution in [0.1, 0.15) is 29.3 Å². The molecule has 120 valence electrons. The molecule has 1 N–H and O–H groups in total. The minimum Gasteiger partial charge on any atom is -0.484 e. The van der Waals surface area contributed by atoms with Crippen LogP contribution in [0.15, 0.2) is 54.6 Å². The highest BCUT2D eigenvalue weighted by Gasteiger charge is 2.08. The summed E-state index contributed by atoms with van der Waals surface area (Å²) in [5.74, 6) is 0.424. The molecular formula is C19H21NO3. The number of ether oxygens (including phenoxy) is 1. The van der Waals surface area contributed by atoms with Gasteiger partial charge in [-0.1, -0.05) is 30.3 Å². The molecule has 4 heteroatoms. The topological polar surface area (TPSA) is 55.4 Å². The number of hydrogen-bond acceptors (Lipinski definition) is 3. The van der Waals surface area contributed by atoms with Gasteiger partial charge in [-0.3, -0.25) is 9.59 Å². The Kier molecular flexibility index (Phi) is 6.36. The quantitative estimate of drug-likeness (QED) is 0.762. The Balaban J connectivity index is 1.70. The first-order valence-electron chi connectivity index (χ1n) is 7.68. The van der Waals surface area contributed by atoms with E-state index in [4.69, 9.17) is 4.74 Å². The van der Waals surface area contributed by atoms with Gasteiger partial charge < -0.3 is 10.1 Å². The maximum absolute atomic E-state index is 11.9. The van der Waals surface area contributed by atoms with Crippen molar-refractivity contribution in [3.63, 3.8) is 0 Å². The van der Waals surface area contributed by atoms with Gasteiger partial charge in [-0.15, -0.1) is 0 Å². The molecule has 0 fully saturated rings. The van der Waals surface area contributed by atoms with Crippen LogP contribution in [0.2, 0.25) is 0 Å². The van der Waals surface area contributed by atoms with Gasteiger partial charge in [0.2, 0.25) is 0 Å². The van der Waals surface area contributed by atoms with Crippen LogP contribution in [0.4, 0.5) is 0 Å². The number of benzene rings is 2. The van der Waals surface area contributed by atoms with Gasteiger partial charge in [0.05, 0.1) is 0 Å². The Labute approximate surface area is 136 Å². The fourth-order valence-corrected chi connectivity index (χ4v) is 2.21. The number of hydrogen-bond donors (Lipinski definition) is 1. The molecule has 2 aromatic carbocycles. The molecule has 2 aromatic rings. The van der Waals surface area contributed by atoms with Crippen molar-refractivity contribution in [1.82, 2.24) is 5.32 Å². The van der Waals surface area contributed by atoms with E-state index in [0.29, 0.717) is 11.3 Å². The molecule has 1 unspecified atom stereocenters. The van der Waals surface area contributed by atoms with Crippen molar-refractivity contribution in [1.29, 1.82) is 0 Å². The number of carbonyl (C=O) groups is 2. The molecule has 2 rings (SSSR count). The molecule has 0 aliphatic heterocycles. The maximum Gasteiger partial charge on any atom is 0.258 e. The summed E-state index contributed by atoms with van der Waals surface area (Å²) in [6.07, 6.45) is 2.57. The standard InChI is InChI=1S/C19H21NO3/c1-15(7-8-16-5-3-2-4-6-16)20-19(22)14-23-18-11-9-17(13-21)10-12-18/h2-6,9-13,15H,7-8,14H2,1H3,(H,20,22). The van der Waals surface area contributed by atoms with Crippen molar-refractivity contribution < 1.29 is 14.3 Å². The Hall–Kier alpha value is -2.62. The Morgan fingerprint density at radius 2 is 1.83 bits per heavy atom. The lowest BCUT2D eigenvalue weighted by Gasteiger charge is -2.14. The van der Waals surface area contributed by atoms with Crippen LogP contribution >= 0.6 is 0 Å². The minimum absolute atomic E-state index is 0.0316. The third-order valence-corrected chi connectivity index (χ3v) is 3.50. The van der Waals surface area contributed by atoms with Gasteiger partial charge in [0, 0.05) is 11.6 Å². The zero-order chi connectivity index (χ0) is 16.5. The van der Waals surface area contributed by atoms with Crippen LogP contribution in [0, 0.1) is 0 Å². The molecule has 0 aliphatic rings. The Bertz CT molecular complexity index is 623. The van der Waals surface area contributed by atoms with Crippen molar-refractivity contribution in [2.45, 2.75) is 25.8 Å². The summed E-state index contributed by atoms with van der Waals surface area (Å²) in [5.41, 5.74) is 1.84. The summed E-state index contributed by atoms with van der Waals surface area (Å²) in [7, 11) is 0. The van der Waals surface area contributed by atoms with Gasteiger partial charge in [0.1, 0.15) is 12.0 Å². The lowest BCUT2D eigenvalue weighted by Crippen LogP contribution is -2.36. The van der Waals surface area contributed by atoms with Crippen LogP contribution < -0.4 is 10.1 Å². The van der Waals surface area contributed by atoms with E-state index in [0.717, 1.165) is 19.1 Å². The molecule has 23 heavy (non-hydrogen) atoms. The molecule has 0 aromatic heterocycles. The number of aryl methyl sites for hydroxylation is 1. The van der Waals surface area contributed by atoms with Crippen molar-refractivity contribution in [3.8, 4) is 5.75 Å². The molecule has 0 bridgehead atoms. The van der Waals surface area contributed by atoms with E-state index in [1.54, 1.807) is 24.3 Å². The van der Waals surface area contributed by atoms with Crippen molar-refractivity contribution in [2.75, 3.05) is 6.61 Å². The van der Waals surface area contributed by atoms with E-state index in [2.05, 4.69) is 17.4 Å². The van der Waals surface area contributed by atoms with Crippen LogP contribution in [0.25, 0.3) is 0 Å². The molecule has 4 nitrogen and oxygen atoms in total. The molecule has 0 saturated carbocycles. The van der Waals surface area contributed by atoms with Crippen LogP contribution in [0.5, 0.6) is 5.75 Å². The van der Waals surface area contributed by atoms with Crippen LogP contribution in [0.3, 0.4) is 0 Å². The molecule has 0 radical (unpaired) electrons. The number of aldehydes is 1. The van der Waals surface area contributed by atoms with Gasteiger partial charge in [-0.2, -0.15) is 0 Å². The number of nitrogens with one attached hydrogen (secondary N) is 1. The number of amides is 1. The number of carbonyl (C=O) groups excluding carboxylic acids is 2. The van der Waals surface area contributed by atoms with Crippen LogP contribution in [-0.4, -0.2) is 24.8 Å². The maximum atomic E-state index is 11.9. The smallest absolute Gasteiger partial charge is 0.258 e. The number of rotatable bonds is 8. The van der Waals surface area contributed by atoms with Crippen molar-refractivity contribution >= 4 is 12.2 Å². The summed E-state index contributed by atoms with van der Waals surface area (Å²) >= 11 is 0. The predicted octanol–water partition coefficient (Wildman–Crippen LogP) is 3.02. The molecule has 1 amide bonds. The largest absolute Gasteiger partial charge is 0.484 e. The highest BCUT2D eigenvalue weighted by atomic mass is 16.5. The van der Waals surface area contributed by atoms with E-state index in [1.165, 1.54) is 5.56 Å². The lowest BCUT2D eigenvalue weighted by atomic mass is 10.1. The molecule has 0 aliphatic carbocycles. The van der Waals surface area contributed by atoms with Gasteiger partial charge in [0.15, 0.2) is 6.61 Å². The van der Waals surface area contributed by atoms with Crippen molar-refractivity contribution in [3.05, 3.63) is 65.7 Å². The van der Waals surface area contributed by atoms with Crippen molar-refractivity contribution in [2.24, 2.45) is 0 Å². The van der Waals surface area contributed by atoms with Gasteiger partial charge in [-0.05, 0) is 49.6 Å². The van der Waals surface area contributed by atoms with Crippen LogP contribution in [-0.2, 0) is 11.2 Å². The first kappa shape index (κ1) is 16.7. The Morgan fingerprint density at radius 3 is 2.48 bits per heavy atom. The summed E-state index contributed by atoms with van der Waals surface area (Å²) in [6, 6.07) is 16.9. The Morgan fingerprint density at radius 1 is 1.13 bits per heavy atom. The fourth-order valence-electron chi connectivity index (χ4n) is 2.21. The summed E-state index contributed by atoms with van der Waals surface area (Å²) in [4.78, 5) is 22.4. The van der Waals surface area contributed by atoms with Gasteiger partial charge in [-0.25, -0.2) is 0 Å². The third-order valence-electron chi connectivity index (χ3n) is 3.50. The molecule has 0 spiro atoms. The SMILES string of the molecule is CC(CCc1ccccc1)NC(=O)COc1ccc(C=O)cc1. The monoisotopic (exact) mass is 311 g/mol. The van der Waals surface area contributed by atoms with E-state index < -0.39 is 0 Å². The van der Waals surface area contributed by atoms with E-state index >= 15 is 0 Å². The normalized spacial score (nSPS) is 11.5. The van der Waals surface area contributed by atoms with E-state index in [-0.39, 0.29) is 18.6 Å². The molecule has 1 atom stereocenters. The van der Waals surface area contributed by atoms with Gasteiger partial charge >= 0.3 is 0 Å². The summed E-state index contributed by atoms with van der Waals surface area (Å²) < 4.78 is 5.40. The molecule has 0 saturated heterocycles. The summed E-state index contributed by atoms with van der Waals surface area (Å²) in [6.45, 7) is 1.95. The highest BCUT2D eigenvalue weighted by Crippen LogP contribution is 2.11. The average Bonchev–Trinajstić information content (AvgIpc) is 2.59. The second-order valence-electron chi connectivity index (χ2n) is 5.47. The zero-order valence-corrected chi connectivity index (χ0v) is 13.2. The lowest BCUT2D eigenvalue weighted by molar-refractivity contribution is -0.123. The molecule has 0 heterocycles. The first-order chi connectivity index (χ1) is 11.2. The van der Waals surface area contributed by atoms with E-state index in [1.807, 2.05) is 25.1 Å². The fraction of sp³-hybridized carbons (Fsp3) is 0.263. The summed E-state index contributed by atoms with van der Waals surface area (Å²) in [5, 5.41) is 2.92. The minimum atomic E-state index is -0.148. The second-order valence-corrected chi connectivity index (χ2v) is 5.47. The highest BCUT2D eigenvalue weighted by molar-refractivity contribution is 5.78. The van der Waals surface area contributed by atoms with Gasteiger partial charge in [0.25, 0.3) is 5.91 Å². The second kappa shape index (κ2) is 8.73.